The van der Waals surface area contributed by atoms with Crippen LogP contribution in [0.25, 0.3) is 0 Å². The van der Waals surface area contributed by atoms with Gasteiger partial charge in [-0.3, -0.25) is 4.21 Å². The molecule has 2 N–H and O–H groups in total. The van der Waals surface area contributed by atoms with Crippen molar-refractivity contribution in [3.8, 4) is 0 Å². The number of nitrogens with two attached hydrogens (primary N) is 1. The van der Waals surface area contributed by atoms with Crippen molar-refractivity contribution in [2.75, 3.05) is 5.73 Å². The smallest absolute Gasteiger partial charge is 0.0633 e. The molecule has 0 aliphatic heterocycles. The van der Waals surface area contributed by atoms with Gasteiger partial charge >= 0.3 is 0 Å². The minimum Gasteiger partial charge on any atom is -0.398 e. The fourth-order valence-electron chi connectivity index (χ4n) is 1.72. The summed E-state index contributed by atoms with van der Waals surface area (Å²) < 4.78 is 12.4. The first-order valence-corrected chi connectivity index (χ1v) is 7.74. The van der Waals surface area contributed by atoms with Gasteiger partial charge in [-0.05, 0) is 36.2 Å². The predicted molar refractivity (Wildman–Crippen MR) is 82.2 cm³/mol. The quantitative estimate of drug-likeness (QED) is 0.863. The fourth-order valence-corrected chi connectivity index (χ4v) is 3.51. The minimum atomic E-state index is -1.24. The molecule has 0 radical (unpaired) electrons. The molecule has 0 saturated heterocycles. The van der Waals surface area contributed by atoms with E-state index in [-0.39, 0.29) is 0 Å². The highest BCUT2D eigenvalue weighted by atomic mass is 35.5. The summed E-state index contributed by atoms with van der Waals surface area (Å²) >= 11 is 12.0. The SMILES string of the molecule is Cc1ccc(N)c(S(=O)Cc2cccc(Cl)c2Cl)c1. The highest BCUT2D eigenvalue weighted by Gasteiger charge is 2.12. The second kappa shape index (κ2) is 5.95. The van der Waals surface area contributed by atoms with E-state index < -0.39 is 10.8 Å². The Bertz CT molecular complexity index is 643. The highest BCUT2D eigenvalue weighted by Crippen LogP contribution is 2.28. The zero-order valence-corrected chi connectivity index (χ0v) is 12.6. The van der Waals surface area contributed by atoms with E-state index in [1.165, 1.54) is 0 Å². The molecule has 2 rings (SSSR count). The van der Waals surface area contributed by atoms with E-state index in [2.05, 4.69) is 0 Å². The lowest BCUT2D eigenvalue weighted by Crippen LogP contribution is -2.02. The van der Waals surface area contributed by atoms with Crippen LogP contribution >= 0.6 is 23.2 Å². The van der Waals surface area contributed by atoms with Gasteiger partial charge < -0.3 is 5.73 Å². The number of nitrogen functional groups attached to an aromatic ring is 1. The summed E-state index contributed by atoms with van der Waals surface area (Å²) in [6.07, 6.45) is 0. The van der Waals surface area contributed by atoms with Crippen LogP contribution in [0.15, 0.2) is 41.3 Å². The van der Waals surface area contributed by atoms with Crippen LogP contribution in [0.5, 0.6) is 0 Å². The summed E-state index contributed by atoms with van der Waals surface area (Å²) in [7, 11) is -1.24. The summed E-state index contributed by atoms with van der Waals surface area (Å²) in [4.78, 5) is 0.635. The maximum Gasteiger partial charge on any atom is 0.0633 e. The van der Waals surface area contributed by atoms with Gasteiger partial charge in [0.05, 0.1) is 31.5 Å². The molecule has 2 aromatic rings. The van der Waals surface area contributed by atoms with Crippen LogP contribution in [0.4, 0.5) is 5.69 Å². The van der Waals surface area contributed by atoms with Crippen LogP contribution in [0.3, 0.4) is 0 Å². The molecule has 2 nitrogen and oxygen atoms in total. The second-order valence-corrected chi connectivity index (χ2v) is 6.45. The molecule has 0 amide bonds. The predicted octanol–water partition coefficient (Wildman–Crippen LogP) is 4.19. The van der Waals surface area contributed by atoms with Crippen LogP contribution in [0.2, 0.25) is 10.0 Å². The maximum atomic E-state index is 12.4. The first-order valence-electron chi connectivity index (χ1n) is 5.66. The molecule has 19 heavy (non-hydrogen) atoms. The molecule has 0 saturated carbocycles. The van der Waals surface area contributed by atoms with Crippen LogP contribution in [-0.2, 0) is 16.6 Å². The monoisotopic (exact) mass is 313 g/mol. The Kier molecular flexibility index (Phi) is 4.50. The van der Waals surface area contributed by atoms with Crippen molar-refractivity contribution in [2.24, 2.45) is 0 Å². The van der Waals surface area contributed by atoms with Gasteiger partial charge in [0.25, 0.3) is 0 Å². The van der Waals surface area contributed by atoms with E-state index in [4.69, 9.17) is 28.9 Å². The Labute approximate surface area is 125 Å². The topological polar surface area (TPSA) is 43.1 Å². The molecule has 5 heteroatoms. The van der Waals surface area contributed by atoms with Crippen LogP contribution in [-0.4, -0.2) is 4.21 Å². The lowest BCUT2D eigenvalue weighted by molar-refractivity contribution is 0.683. The zero-order chi connectivity index (χ0) is 14.0. The number of rotatable bonds is 3. The summed E-state index contributed by atoms with van der Waals surface area (Å²) in [5, 5.41) is 0.914. The van der Waals surface area contributed by atoms with E-state index in [9.17, 15) is 4.21 Å². The Morgan fingerprint density at radius 2 is 1.95 bits per heavy atom. The molecule has 0 bridgehead atoms. The largest absolute Gasteiger partial charge is 0.398 e. The third-order valence-electron chi connectivity index (χ3n) is 2.73. The minimum absolute atomic E-state index is 0.299. The number of halogens is 2. The van der Waals surface area contributed by atoms with E-state index >= 15 is 0 Å². The van der Waals surface area contributed by atoms with E-state index in [0.29, 0.717) is 26.4 Å². The summed E-state index contributed by atoms with van der Waals surface area (Å²) in [5.41, 5.74) is 8.17. The summed E-state index contributed by atoms with van der Waals surface area (Å²) in [6, 6.07) is 10.8. The summed E-state index contributed by atoms with van der Waals surface area (Å²) in [6.45, 7) is 1.94. The highest BCUT2D eigenvalue weighted by molar-refractivity contribution is 7.84. The zero-order valence-electron chi connectivity index (χ0n) is 10.3. The second-order valence-electron chi connectivity index (χ2n) is 4.24. The van der Waals surface area contributed by atoms with Crippen molar-refractivity contribution in [3.05, 3.63) is 57.6 Å². The van der Waals surface area contributed by atoms with Gasteiger partial charge in [-0.1, -0.05) is 41.4 Å². The van der Waals surface area contributed by atoms with Gasteiger partial charge in [0.2, 0.25) is 0 Å². The Morgan fingerprint density at radius 3 is 2.68 bits per heavy atom. The normalized spacial score (nSPS) is 12.4. The average Bonchev–Trinajstić information content (AvgIpc) is 2.38. The molecule has 0 aliphatic carbocycles. The van der Waals surface area contributed by atoms with Gasteiger partial charge in [-0.15, -0.1) is 0 Å². The number of aryl methyl sites for hydroxylation is 1. The van der Waals surface area contributed by atoms with Crippen molar-refractivity contribution >= 4 is 39.7 Å². The lowest BCUT2D eigenvalue weighted by Gasteiger charge is -2.09. The number of benzene rings is 2. The standard InChI is InChI=1S/C14H13Cl2NOS/c1-9-5-6-12(17)13(7-9)19(18)8-10-3-2-4-11(15)14(10)16/h2-7H,8,17H2,1H3. The molecule has 0 fully saturated rings. The Hall–Kier alpha value is -1.03. The molecule has 0 heterocycles. The maximum absolute atomic E-state index is 12.4. The average molecular weight is 314 g/mol. The van der Waals surface area contributed by atoms with E-state index in [1.54, 1.807) is 18.2 Å². The molecule has 0 aromatic heterocycles. The molecule has 1 unspecified atom stereocenters. The number of anilines is 1. The van der Waals surface area contributed by atoms with Gasteiger partial charge in [0.15, 0.2) is 0 Å². The molecule has 0 aliphatic rings. The van der Waals surface area contributed by atoms with Crippen molar-refractivity contribution < 1.29 is 4.21 Å². The van der Waals surface area contributed by atoms with Crippen LogP contribution < -0.4 is 5.73 Å². The molecule has 100 valence electrons. The summed E-state index contributed by atoms with van der Waals surface area (Å²) in [5.74, 6) is 0.299. The number of hydrogen-bond donors (Lipinski definition) is 1. The van der Waals surface area contributed by atoms with Crippen molar-refractivity contribution in [2.45, 2.75) is 17.6 Å². The number of hydrogen-bond acceptors (Lipinski definition) is 2. The third kappa shape index (κ3) is 3.30. The Morgan fingerprint density at radius 1 is 1.21 bits per heavy atom. The van der Waals surface area contributed by atoms with Gasteiger partial charge in [-0.2, -0.15) is 0 Å². The lowest BCUT2D eigenvalue weighted by atomic mass is 10.2. The van der Waals surface area contributed by atoms with Crippen molar-refractivity contribution in [3.63, 3.8) is 0 Å². The van der Waals surface area contributed by atoms with E-state index in [0.717, 1.165) is 11.1 Å². The van der Waals surface area contributed by atoms with Crippen LogP contribution in [0.1, 0.15) is 11.1 Å². The van der Waals surface area contributed by atoms with Gasteiger partial charge in [0.1, 0.15) is 0 Å². The molecule has 1 atom stereocenters. The van der Waals surface area contributed by atoms with Crippen molar-refractivity contribution in [1.29, 1.82) is 0 Å². The third-order valence-corrected chi connectivity index (χ3v) is 5.01. The Balaban J connectivity index is 2.31. The first-order chi connectivity index (χ1) is 8.99. The molecule has 0 spiro atoms. The molecular weight excluding hydrogens is 301 g/mol. The van der Waals surface area contributed by atoms with E-state index in [1.807, 2.05) is 25.1 Å². The van der Waals surface area contributed by atoms with Crippen molar-refractivity contribution in [1.82, 2.24) is 0 Å². The first kappa shape index (κ1) is 14.4. The van der Waals surface area contributed by atoms with Crippen LogP contribution in [0, 0.1) is 6.92 Å². The molecule has 2 aromatic carbocycles. The fraction of sp³-hybridized carbons (Fsp3) is 0.143. The molecular formula is C14H13Cl2NOS. The van der Waals surface area contributed by atoms with Gasteiger partial charge in [-0.25, -0.2) is 0 Å². The van der Waals surface area contributed by atoms with Gasteiger partial charge in [0, 0.05) is 5.69 Å².